The van der Waals surface area contributed by atoms with Gasteiger partial charge in [0.05, 0.1) is 17.8 Å². The van der Waals surface area contributed by atoms with E-state index in [0.29, 0.717) is 22.8 Å². The van der Waals surface area contributed by atoms with Crippen LogP contribution < -0.4 is 16.0 Å². The Morgan fingerprint density at radius 3 is 2.68 bits per heavy atom. The first-order valence-corrected chi connectivity index (χ1v) is 6.48. The Labute approximate surface area is 117 Å². The van der Waals surface area contributed by atoms with Crippen molar-refractivity contribution in [1.82, 2.24) is 10.6 Å². The second-order valence-corrected chi connectivity index (χ2v) is 4.46. The van der Waals surface area contributed by atoms with Gasteiger partial charge in [0.1, 0.15) is 0 Å². The summed E-state index contributed by atoms with van der Waals surface area (Å²) in [6.45, 7) is 2.73. The van der Waals surface area contributed by atoms with E-state index in [4.69, 9.17) is 11.6 Å². The molecule has 0 atom stereocenters. The van der Waals surface area contributed by atoms with E-state index in [1.165, 1.54) is 0 Å². The first-order chi connectivity index (χ1) is 9.08. The lowest BCUT2D eigenvalue weighted by molar-refractivity contribution is -0.115. The summed E-state index contributed by atoms with van der Waals surface area (Å²) in [4.78, 5) is 23.5. The van der Waals surface area contributed by atoms with Crippen molar-refractivity contribution >= 4 is 29.1 Å². The van der Waals surface area contributed by atoms with Gasteiger partial charge in [0.25, 0.3) is 5.91 Å². The molecule has 0 aliphatic carbocycles. The summed E-state index contributed by atoms with van der Waals surface area (Å²) < 4.78 is 0. The molecule has 3 N–H and O–H groups in total. The number of hydrogen-bond acceptors (Lipinski definition) is 3. The summed E-state index contributed by atoms with van der Waals surface area (Å²) in [5.41, 5.74) is 0.823. The van der Waals surface area contributed by atoms with Gasteiger partial charge in [-0.3, -0.25) is 9.59 Å². The van der Waals surface area contributed by atoms with Crippen LogP contribution in [-0.2, 0) is 4.79 Å². The number of nitrogens with one attached hydrogen (secondary N) is 3. The maximum absolute atomic E-state index is 12.0. The van der Waals surface area contributed by atoms with Crippen LogP contribution in [0.3, 0.4) is 0 Å². The van der Waals surface area contributed by atoms with E-state index < -0.39 is 0 Å². The third-order valence-electron chi connectivity index (χ3n) is 2.37. The number of amides is 2. The predicted octanol–water partition coefficient (Wildman–Crippen LogP) is 1.64. The van der Waals surface area contributed by atoms with Crippen LogP contribution in [0.25, 0.3) is 0 Å². The zero-order valence-corrected chi connectivity index (χ0v) is 11.8. The number of hydrogen-bond donors (Lipinski definition) is 3. The quantitative estimate of drug-likeness (QED) is 0.743. The van der Waals surface area contributed by atoms with Crippen LogP contribution >= 0.6 is 11.6 Å². The number of benzene rings is 1. The molecule has 1 rings (SSSR count). The average Bonchev–Trinajstić information content (AvgIpc) is 2.36. The molecule has 0 aliphatic heterocycles. The van der Waals surface area contributed by atoms with Crippen molar-refractivity contribution in [2.75, 3.05) is 25.5 Å². The minimum absolute atomic E-state index is 0.169. The molecule has 0 spiro atoms. The van der Waals surface area contributed by atoms with E-state index in [1.807, 2.05) is 6.92 Å². The third-order valence-corrected chi connectivity index (χ3v) is 2.61. The highest BCUT2D eigenvalue weighted by Gasteiger charge is 2.13. The lowest BCUT2D eigenvalue weighted by Crippen LogP contribution is -2.28. The van der Waals surface area contributed by atoms with Gasteiger partial charge in [-0.1, -0.05) is 18.5 Å². The van der Waals surface area contributed by atoms with Crippen molar-refractivity contribution in [3.63, 3.8) is 0 Å². The summed E-state index contributed by atoms with van der Waals surface area (Å²) in [5.74, 6) is -0.451. The van der Waals surface area contributed by atoms with Crippen LogP contribution in [0.15, 0.2) is 18.2 Å². The monoisotopic (exact) mass is 283 g/mol. The predicted molar refractivity (Wildman–Crippen MR) is 76.6 cm³/mol. The fourth-order valence-electron chi connectivity index (χ4n) is 1.51. The second-order valence-electron chi connectivity index (χ2n) is 4.02. The molecule has 6 heteroatoms. The average molecular weight is 284 g/mol. The Hall–Kier alpha value is -1.59. The van der Waals surface area contributed by atoms with Crippen molar-refractivity contribution in [1.29, 1.82) is 0 Å². The van der Waals surface area contributed by atoms with Gasteiger partial charge in [-0.05, 0) is 31.7 Å². The van der Waals surface area contributed by atoms with E-state index >= 15 is 0 Å². The van der Waals surface area contributed by atoms with Crippen molar-refractivity contribution < 1.29 is 9.59 Å². The molecule has 0 saturated carbocycles. The molecule has 0 fully saturated rings. The highest BCUT2D eigenvalue weighted by molar-refractivity contribution is 6.31. The molecule has 2 amide bonds. The van der Waals surface area contributed by atoms with Crippen molar-refractivity contribution in [2.45, 2.75) is 13.3 Å². The molecule has 0 aliphatic rings. The molecule has 19 heavy (non-hydrogen) atoms. The second kappa shape index (κ2) is 7.76. The summed E-state index contributed by atoms with van der Waals surface area (Å²) in [7, 11) is 1.67. The van der Waals surface area contributed by atoms with Crippen LogP contribution in [-0.4, -0.2) is 32.0 Å². The van der Waals surface area contributed by atoms with E-state index in [9.17, 15) is 9.59 Å². The molecule has 0 bridgehead atoms. The zero-order valence-electron chi connectivity index (χ0n) is 11.0. The van der Waals surface area contributed by atoms with Gasteiger partial charge in [-0.2, -0.15) is 0 Å². The van der Waals surface area contributed by atoms with E-state index in [2.05, 4.69) is 16.0 Å². The number of likely N-dealkylation sites (N-methyl/N-ethyl adjacent to an activating group) is 1. The third kappa shape index (κ3) is 4.89. The first kappa shape index (κ1) is 15.5. The topological polar surface area (TPSA) is 70.2 Å². The smallest absolute Gasteiger partial charge is 0.253 e. The van der Waals surface area contributed by atoms with Crippen LogP contribution in [0.5, 0.6) is 0 Å². The largest absolute Gasteiger partial charge is 0.352 e. The SMILES string of the molecule is CCCNC(=O)c1ccc(Cl)cc1NC(=O)CNC. The Morgan fingerprint density at radius 2 is 2.05 bits per heavy atom. The van der Waals surface area contributed by atoms with Crippen LogP contribution in [0, 0.1) is 0 Å². The Balaban J connectivity index is 2.91. The highest BCUT2D eigenvalue weighted by atomic mass is 35.5. The summed E-state index contributed by atoms with van der Waals surface area (Å²) >= 11 is 5.89. The van der Waals surface area contributed by atoms with Crippen molar-refractivity contribution in [2.24, 2.45) is 0 Å². The van der Waals surface area contributed by atoms with Gasteiger partial charge < -0.3 is 16.0 Å². The van der Waals surface area contributed by atoms with Gasteiger partial charge in [0, 0.05) is 11.6 Å². The van der Waals surface area contributed by atoms with E-state index in [0.717, 1.165) is 6.42 Å². The molecule has 1 aromatic carbocycles. The Morgan fingerprint density at radius 1 is 1.32 bits per heavy atom. The lowest BCUT2D eigenvalue weighted by Gasteiger charge is -2.11. The maximum atomic E-state index is 12.0. The van der Waals surface area contributed by atoms with Crippen LogP contribution in [0.1, 0.15) is 23.7 Å². The van der Waals surface area contributed by atoms with Crippen LogP contribution in [0.4, 0.5) is 5.69 Å². The van der Waals surface area contributed by atoms with E-state index in [1.54, 1.807) is 25.2 Å². The van der Waals surface area contributed by atoms with Crippen LogP contribution in [0.2, 0.25) is 5.02 Å². The molecule has 0 heterocycles. The molecule has 0 radical (unpaired) electrons. The van der Waals surface area contributed by atoms with Gasteiger partial charge in [-0.25, -0.2) is 0 Å². The van der Waals surface area contributed by atoms with Gasteiger partial charge in [-0.15, -0.1) is 0 Å². The molecular formula is C13H18ClN3O2. The molecule has 0 aromatic heterocycles. The number of carbonyl (C=O) groups excluding carboxylic acids is 2. The molecular weight excluding hydrogens is 266 g/mol. The molecule has 104 valence electrons. The minimum Gasteiger partial charge on any atom is -0.352 e. The van der Waals surface area contributed by atoms with E-state index in [-0.39, 0.29) is 18.4 Å². The number of anilines is 1. The summed E-state index contributed by atoms with van der Waals surface area (Å²) in [6, 6.07) is 4.79. The highest BCUT2D eigenvalue weighted by Crippen LogP contribution is 2.21. The normalized spacial score (nSPS) is 10.1. The number of rotatable bonds is 6. The Bertz CT molecular complexity index is 463. The Kier molecular flexibility index (Phi) is 6.32. The fraction of sp³-hybridized carbons (Fsp3) is 0.385. The van der Waals surface area contributed by atoms with Gasteiger partial charge in [0.2, 0.25) is 5.91 Å². The molecule has 1 aromatic rings. The van der Waals surface area contributed by atoms with Crippen molar-refractivity contribution in [3.05, 3.63) is 28.8 Å². The van der Waals surface area contributed by atoms with Gasteiger partial charge >= 0.3 is 0 Å². The standard InChI is InChI=1S/C13H18ClN3O2/c1-3-6-16-13(19)10-5-4-9(14)7-11(10)17-12(18)8-15-2/h4-5,7,15H,3,6,8H2,1-2H3,(H,16,19)(H,17,18). The first-order valence-electron chi connectivity index (χ1n) is 6.10. The van der Waals surface area contributed by atoms with Gasteiger partial charge in [0.15, 0.2) is 0 Å². The molecule has 0 unspecified atom stereocenters. The minimum atomic E-state index is -0.227. The lowest BCUT2D eigenvalue weighted by atomic mass is 10.1. The fourth-order valence-corrected chi connectivity index (χ4v) is 1.68. The summed E-state index contributed by atoms with van der Waals surface area (Å²) in [6.07, 6.45) is 0.848. The summed E-state index contributed by atoms with van der Waals surface area (Å²) in [5, 5.41) is 8.63. The molecule has 5 nitrogen and oxygen atoms in total. The molecule has 0 saturated heterocycles. The van der Waals surface area contributed by atoms with Crippen molar-refractivity contribution in [3.8, 4) is 0 Å². The number of carbonyl (C=O) groups is 2. The zero-order chi connectivity index (χ0) is 14.3. The number of halogens is 1. The maximum Gasteiger partial charge on any atom is 0.253 e.